The van der Waals surface area contributed by atoms with Gasteiger partial charge in [0.25, 0.3) is 0 Å². The monoisotopic (exact) mass is 337 g/mol. The molecule has 0 bridgehead atoms. The molecule has 0 spiro atoms. The Balaban J connectivity index is 1.48. The number of carbonyl (C=O) groups is 2. The summed E-state index contributed by atoms with van der Waals surface area (Å²) in [5.41, 5.74) is 2.81. The van der Waals surface area contributed by atoms with Crippen molar-refractivity contribution in [2.75, 3.05) is 6.54 Å². The topological polar surface area (TPSA) is 95.1 Å². The number of rotatable bonds is 7. The molecule has 1 amide bonds. The lowest BCUT2D eigenvalue weighted by Gasteiger charge is -2.06. The predicted octanol–water partition coefficient (Wildman–Crippen LogP) is 2.55. The third-order valence-corrected chi connectivity index (χ3v) is 3.99. The smallest absolute Gasteiger partial charge is 0.335 e. The number of carboxylic acids is 1. The van der Waals surface area contributed by atoms with Crippen molar-refractivity contribution < 1.29 is 14.7 Å². The molecule has 25 heavy (non-hydrogen) atoms. The van der Waals surface area contributed by atoms with E-state index in [2.05, 4.69) is 15.3 Å². The second-order valence-corrected chi connectivity index (χ2v) is 5.76. The molecule has 3 aromatic rings. The number of carboxylic acid groups (broad SMARTS) is 1. The number of hydrogen-bond donors (Lipinski definition) is 3. The molecular weight excluding hydrogens is 318 g/mol. The van der Waals surface area contributed by atoms with Crippen molar-refractivity contribution in [2.24, 2.45) is 0 Å². The number of H-pyrrole nitrogens is 1. The van der Waals surface area contributed by atoms with Gasteiger partial charge in [-0.15, -0.1) is 0 Å². The Morgan fingerprint density at radius 3 is 2.60 bits per heavy atom. The standard InChI is InChI=1S/C19H19N3O3/c23-18(10-9-13-5-1-2-6-14(13)19(24)25)20-12-11-17-21-15-7-3-4-8-16(15)22-17/h1-8H,9-12H2,(H,20,23)(H,21,22)(H,24,25). The maximum absolute atomic E-state index is 12.0. The van der Waals surface area contributed by atoms with Crippen molar-refractivity contribution >= 4 is 22.9 Å². The highest BCUT2D eigenvalue weighted by atomic mass is 16.4. The Labute approximate surface area is 144 Å². The number of benzene rings is 2. The second-order valence-electron chi connectivity index (χ2n) is 5.76. The third kappa shape index (κ3) is 4.23. The number of aryl methyl sites for hydroxylation is 1. The molecule has 0 radical (unpaired) electrons. The zero-order valence-corrected chi connectivity index (χ0v) is 13.7. The van der Waals surface area contributed by atoms with E-state index in [1.807, 2.05) is 24.3 Å². The van der Waals surface area contributed by atoms with E-state index in [1.165, 1.54) is 0 Å². The summed E-state index contributed by atoms with van der Waals surface area (Å²) in [7, 11) is 0. The van der Waals surface area contributed by atoms with E-state index in [0.717, 1.165) is 16.9 Å². The zero-order chi connectivity index (χ0) is 17.6. The lowest BCUT2D eigenvalue weighted by Crippen LogP contribution is -2.26. The Morgan fingerprint density at radius 2 is 1.80 bits per heavy atom. The molecule has 3 N–H and O–H groups in total. The average molecular weight is 337 g/mol. The van der Waals surface area contributed by atoms with E-state index in [9.17, 15) is 9.59 Å². The van der Waals surface area contributed by atoms with Crippen LogP contribution in [0.2, 0.25) is 0 Å². The minimum atomic E-state index is -0.971. The van der Waals surface area contributed by atoms with E-state index in [-0.39, 0.29) is 17.9 Å². The van der Waals surface area contributed by atoms with Crippen molar-refractivity contribution in [3.8, 4) is 0 Å². The number of para-hydroxylation sites is 2. The molecule has 0 saturated carbocycles. The molecule has 0 aliphatic carbocycles. The van der Waals surface area contributed by atoms with Gasteiger partial charge in [0, 0.05) is 19.4 Å². The van der Waals surface area contributed by atoms with Crippen LogP contribution in [0.25, 0.3) is 11.0 Å². The third-order valence-electron chi connectivity index (χ3n) is 3.99. The largest absolute Gasteiger partial charge is 0.478 e. The number of aromatic nitrogens is 2. The number of fused-ring (bicyclic) bond motifs is 1. The lowest BCUT2D eigenvalue weighted by atomic mass is 10.0. The minimum absolute atomic E-state index is 0.101. The molecule has 128 valence electrons. The first-order chi connectivity index (χ1) is 12.1. The van der Waals surface area contributed by atoms with Crippen molar-refractivity contribution in [1.29, 1.82) is 0 Å². The Hall–Kier alpha value is -3.15. The molecule has 0 atom stereocenters. The van der Waals surface area contributed by atoms with Crippen LogP contribution in [-0.4, -0.2) is 33.5 Å². The molecule has 6 nitrogen and oxygen atoms in total. The number of nitrogens with zero attached hydrogens (tertiary/aromatic N) is 1. The predicted molar refractivity (Wildman–Crippen MR) is 94.5 cm³/mol. The van der Waals surface area contributed by atoms with Gasteiger partial charge >= 0.3 is 5.97 Å². The van der Waals surface area contributed by atoms with Gasteiger partial charge in [0.1, 0.15) is 5.82 Å². The summed E-state index contributed by atoms with van der Waals surface area (Å²) < 4.78 is 0. The van der Waals surface area contributed by atoms with Crippen LogP contribution in [0, 0.1) is 0 Å². The average Bonchev–Trinajstić information content (AvgIpc) is 3.03. The van der Waals surface area contributed by atoms with Gasteiger partial charge in [0.2, 0.25) is 5.91 Å². The molecule has 1 heterocycles. The first-order valence-electron chi connectivity index (χ1n) is 8.15. The summed E-state index contributed by atoms with van der Waals surface area (Å²) in [6, 6.07) is 14.5. The van der Waals surface area contributed by atoms with E-state index in [0.29, 0.717) is 24.9 Å². The van der Waals surface area contributed by atoms with Crippen LogP contribution in [-0.2, 0) is 17.6 Å². The molecule has 2 aromatic carbocycles. The Morgan fingerprint density at radius 1 is 1.04 bits per heavy atom. The highest BCUT2D eigenvalue weighted by Gasteiger charge is 2.10. The molecule has 0 fully saturated rings. The fourth-order valence-corrected chi connectivity index (χ4v) is 2.73. The van der Waals surface area contributed by atoms with E-state index in [1.54, 1.807) is 24.3 Å². The van der Waals surface area contributed by atoms with Crippen LogP contribution in [0.3, 0.4) is 0 Å². The molecule has 0 aliphatic rings. The Kier molecular flexibility index (Phi) is 5.09. The van der Waals surface area contributed by atoms with E-state index >= 15 is 0 Å². The van der Waals surface area contributed by atoms with Crippen LogP contribution in [0.15, 0.2) is 48.5 Å². The van der Waals surface area contributed by atoms with Crippen LogP contribution in [0.1, 0.15) is 28.2 Å². The summed E-state index contributed by atoms with van der Waals surface area (Å²) in [5, 5.41) is 12.0. The van der Waals surface area contributed by atoms with Gasteiger partial charge in [0.05, 0.1) is 16.6 Å². The Bertz CT molecular complexity index is 869. The van der Waals surface area contributed by atoms with Crippen molar-refractivity contribution in [3.05, 3.63) is 65.5 Å². The van der Waals surface area contributed by atoms with E-state index < -0.39 is 5.97 Å². The fourth-order valence-electron chi connectivity index (χ4n) is 2.73. The van der Waals surface area contributed by atoms with Crippen molar-refractivity contribution in [1.82, 2.24) is 15.3 Å². The quantitative estimate of drug-likeness (QED) is 0.617. The molecule has 0 saturated heterocycles. The van der Waals surface area contributed by atoms with Gasteiger partial charge in [0.15, 0.2) is 0 Å². The lowest BCUT2D eigenvalue weighted by molar-refractivity contribution is -0.121. The number of aromatic amines is 1. The van der Waals surface area contributed by atoms with Gasteiger partial charge in [-0.05, 0) is 30.2 Å². The van der Waals surface area contributed by atoms with Crippen molar-refractivity contribution in [3.63, 3.8) is 0 Å². The summed E-state index contributed by atoms with van der Waals surface area (Å²) >= 11 is 0. The van der Waals surface area contributed by atoms with Crippen molar-refractivity contribution in [2.45, 2.75) is 19.3 Å². The number of hydrogen-bond acceptors (Lipinski definition) is 3. The number of carbonyl (C=O) groups excluding carboxylic acids is 1. The first kappa shape index (κ1) is 16.7. The molecular formula is C19H19N3O3. The highest BCUT2D eigenvalue weighted by molar-refractivity contribution is 5.89. The summed E-state index contributed by atoms with van der Waals surface area (Å²) in [6.45, 7) is 0.485. The molecule has 6 heteroatoms. The highest BCUT2D eigenvalue weighted by Crippen LogP contribution is 2.12. The summed E-state index contributed by atoms with van der Waals surface area (Å²) in [6.07, 6.45) is 1.27. The van der Waals surface area contributed by atoms with Crippen LogP contribution in [0.5, 0.6) is 0 Å². The molecule has 1 aromatic heterocycles. The van der Waals surface area contributed by atoms with Gasteiger partial charge in [-0.25, -0.2) is 9.78 Å². The summed E-state index contributed by atoms with van der Waals surface area (Å²) in [4.78, 5) is 30.8. The normalized spacial score (nSPS) is 10.7. The van der Waals surface area contributed by atoms with Gasteiger partial charge in [-0.1, -0.05) is 30.3 Å². The van der Waals surface area contributed by atoms with E-state index in [4.69, 9.17) is 5.11 Å². The van der Waals surface area contributed by atoms with Crippen LogP contribution in [0.4, 0.5) is 0 Å². The number of nitrogens with one attached hydrogen (secondary N) is 2. The summed E-state index contributed by atoms with van der Waals surface area (Å²) in [5.74, 6) is -0.241. The number of imidazole rings is 1. The number of aromatic carboxylic acids is 1. The first-order valence-corrected chi connectivity index (χ1v) is 8.15. The van der Waals surface area contributed by atoms with Crippen LogP contribution >= 0.6 is 0 Å². The second kappa shape index (κ2) is 7.61. The molecule has 3 rings (SSSR count). The SMILES string of the molecule is O=C(CCc1ccccc1C(=O)O)NCCc1nc2ccccc2[nH]1. The zero-order valence-electron chi connectivity index (χ0n) is 13.7. The van der Waals surface area contributed by atoms with Gasteiger partial charge < -0.3 is 15.4 Å². The maximum Gasteiger partial charge on any atom is 0.335 e. The minimum Gasteiger partial charge on any atom is -0.478 e. The fraction of sp³-hybridized carbons (Fsp3) is 0.211. The molecule has 0 unspecified atom stereocenters. The van der Waals surface area contributed by atoms with Crippen LogP contribution < -0.4 is 5.32 Å². The molecule has 0 aliphatic heterocycles. The van der Waals surface area contributed by atoms with Gasteiger partial charge in [-0.3, -0.25) is 4.79 Å². The maximum atomic E-state index is 12.0. The number of amides is 1. The van der Waals surface area contributed by atoms with Gasteiger partial charge in [-0.2, -0.15) is 0 Å².